The molecular weight excluding hydrogens is 556 g/mol. The number of carbonyl (C=O) groups excluding carboxylic acids is 2. The number of amidine groups is 1. The van der Waals surface area contributed by atoms with Gasteiger partial charge in [0.15, 0.2) is 11.6 Å². The summed E-state index contributed by atoms with van der Waals surface area (Å²) in [5, 5.41) is 0. The van der Waals surface area contributed by atoms with Crippen LogP contribution >= 0.6 is 0 Å². The Kier molecular flexibility index (Phi) is 8.21. The van der Waals surface area contributed by atoms with Crippen molar-refractivity contribution in [1.82, 2.24) is 24.8 Å². The number of nitrogens with zero attached hydrogens (tertiary/aromatic N) is 7. The van der Waals surface area contributed by atoms with Crippen molar-refractivity contribution >= 4 is 29.7 Å². The van der Waals surface area contributed by atoms with Gasteiger partial charge in [-0.2, -0.15) is 0 Å². The molecule has 0 radical (unpaired) electrons. The Hall–Kier alpha value is -4.74. The summed E-state index contributed by atoms with van der Waals surface area (Å²) in [5.74, 6) is -1.42. The molecule has 10 nitrogen and oxygen atoms in total. The average molecular weight is 590 g/mol. The van der Waals surface area contributed by atoms with Crippen molar-refractivity contribution in [2.75, 3.05) is 31.6 Å². The summed E-state index contributed by atoms with van der Waals surface area (Å²) in [6.07, 6.45) is 2.45. The fraction of sp³-hybridized carbons (Fsp3) is 0.355. The smallest absolute Gasteiger partial charge is 0.246 e. The third-order valence-corrected chi connectivity index (χ3v) is 7.70. The van der Waals surface area contributed by atoms with Gasteiger partial charge in [-0.15, -0.1) is 0 Å². The molecule has 2 aliphatic heterocycles. The van der Waals surface area contributed by atoms with Crippen molar-refractivity contribution in [3.05, 3.63) is 71.8 Å². The number of amides is 2. The van der Waals surface area contributed by atoms with Gasteiger partial charge in [0.1, 0.15) is 41.2 Å². The maximum atomic E-state index is 16.1. The van der Waals surface area contributed by atoms with Crippen LogP contribution in [0.5, 0.6) is 5.75 Å². The number of piperazine rings is 1. The van der Waals surface area contributed by atoms with E-state index in [4.69, 9.17) is 4.74 Å². The summed E-state index contributed by atoms with van der Waals surface area (Å²) >= 11 is 0. The maximum Gasteiger partial charge on any atom is 0.246 e. The van der Waals surface area contributed by atoms with Crippen molar-refractivity contribution in [1.29, 1.82) is 0 Å². The zero-order chi connectivity index (χ0) is 31.0. The molecule has 0 spiro atoms. The van der Waals surface area contributed by atoms with Crippen LogP contribution in [0.2, 0.25) is 0 Å². The first kappa shape index (κ1) is 29.7. The van der Waals surface area contributed by atoms with Gasteiger partial charge < -0.3 is 14.5 Å². The minimum atomic E-state index is -0.823. The fourth-order valence-electron chi connectivity index (χ4n) is 5.67. The lowest BCUT2D eigenvalue weighted by molar-refractivity contribution is -0.128. The summed E-state index contributed by atoms with van der Waals surface area (Å²) in [4.78, 5) is 48.3. The third kappa shape index (κ3) is 5.21. The number of hydrogen-bond donors (Lipinski definition) is 0. The van der Waals surface area contributed by atoms with Crippen LogP contribution in [0.1, 0.15) is 56.7 Å². The lowest BCUT2D eigenvalue weighted by Gasteiger charge is -2.41. The monoisotopic (exact) mass is 589 g/mol. The Labute approximate surface area is 248 Å². The van der Waals surface area contributed by atoms with Gasteiger partial charge in [-0.25, -0.2) is 23.7 Å². The molecule has 0 N–H and O–H groups in total. The van der Waals surface area contributed by atoms with Crippen molar-refractivity contribution in [3.8, 4) is 17.0 Å². The zero-order valence-electron chi connectivity index (χ0n) is 24.7. The number of hydrogen-bond acceptors (Lipinski definition) is 7. The largest absolute Gasteiger partial charge is 0.484 e. The summed E-state index contributed by atoms with van der Waals surface area (Å²) in [6.45, 7) is 12.2. The standard InChI is InChI=1S/C31H33F2N7O3/c1-7-24(42)38-11-12-39(18(4)14-38)30(34-6)20-13-22(33)28-25-21(32)9-8-10-23(25)43-19(5)27-29(40(16-41)31(20)37-28)26(17(2)3)35-15-36-27/h7-10,13,15-19H,1,11-12,14H2,2-6H3. The second kappa shape index (κ2) is 11.9. The van der Waals surface area contributed by atoms with Gasteiger partial charge in [0, 0.05) is 32.7 Å². The number of aliphatic imine (C=N–C) groups is 1. The quantitative estimate of drug-likeness (QED) is 0.187. The van der Waals surface area contributed by atoms with E-state index in [9.17, 15) is 9.59 Å². The molecule has 2 aromatic heterocycles. The number of aromatic nitrogens is 3. The third-order valence-electron chi connectivity index (χ3n) is 7.70. The van der Waals surface area contributed by atoms with Crippen LogP contribution in [0.4, 0.5) is 20.3 Å². The van der Waals surface area contributed by atoms with Crippen LogP contribution in [0.15, 0.2) is 48.2 Å². The first-order valence-electron chi connectivity index (χ1n) is 14.0. The van der Waals surface area contributed by atoms with Crippen molar-refractivity contribution in [3.63, 3.8) is 0 Å². The first-order valence-corrected chi connectivity index (χ1v) is 14.0. The molecule has 2 bridgehead atoms. The van der Waals surface area contributed by atoms with Crippen LogP contribution in [-0.2, 0) is 9.59 Å². The molecule has 4 heterocycles. The van der Waals surface area contributed by atoms with E-state index >= 15 is 8.78 Å². The van der Waals surface area contributed by atoms with E-state index in [0.717, 1.165) is 0 Å². The molecule has 2 atom stereocenters. The van der Waals surface area contributed by atoms with Gasteiger partial charge in [-0.05, 0) is 44.0 Å². The van der Waals surface area contributed by atoms with Gasteiger partial charge in [0.2, 0.25) is 12.3 Å². The highest BCUT2D eigenvalue weighted by atomic mass is 19.1. The molecule has 2 amide bonds. The summed E-state index contributed by atoms with van der Waals surface area (Å²) in [7, 11) is 1.56. The van der Waals surface area contributed by atoms with E-state index in [2.05, 4.69) is 26.5 Å². The fourth-order valence-corrected chi connectivity index (χ4v) is 5.67. The highest BCUT2D eigenvalue weighted by Crippen LogP contribution is 2.43. The molecule has 1 aromatic carbocycles. The molecule has 2 aliphatic rings. The minimum absolute atomic E-state index is 0.0325. The number of halogens is 2. The van der Waals surface area contributed by atoms with E-state index in [1.807, 2.05) is 25.7 Å². The Bertz CT molecular complexity index is 1630. The summed E-state index contributed by atoms with van der Waals surface area (Å²) < 4.78 is 37.7. The molecular formula is C31H33F2N7O3. The van der Waals surface area contributed by atoms with Crippen LogP contribution in [0.25, 0.3) is 11.3 Å². The number of carbonyl (C=O) groups is 2. The van der Waals surface area contributed by atoms with E-state index < -0.39 is 17.7 Å². The molecule has 3 aromatic rings. The maximum absolute atomic E-state index is 16.1. The van der Waals surface area contributed by atoms with Crippen molar-refractivity contribution in [2.24, 2.45) is 4.99 Å². The molecule has 0 saturated carbocycles. The van der Waals surface area contributed by atoms with E-state index in [0.29, 0.717) is 49.0 Å². The van der Waals surface area contributed by atoms with Crippen LogP contribution in [0.3, 0.4) is 0 Å². The van der Waals surface area contributed by atoms with Gasteiger partial charge in [-0.3, -0.25) is 19.5 Å². The van der Waals surface area contributed by atoms with Crippen LogP contribution in [0, 0.1) is 11.6 Å². The molecule has 0 aliphatic carbocycles. The first-order chi connectivity index (χ1) is 20.6. The van der Waals surface area contributed by atoms with Gasteiger partial charge in [0.25, 0.3) is 0 Å². The molecule has 1 fully saturated rings. The summed E-state index contributed by atoms with van der Waals surface area (Å²) in [6, 6.07) is 5.20. The predicted octanol–water partition coefficient (Wildman–Crippen LogP) is 4.78. The second-order valence-electron chi connectivity index (χ2n) is 10.8. The normalized spacial score (nSPS) is 18.5. The molecule has 43 heavy (non-hydrogen) atoms. The lowest BCUT2D eigenvalue weighted by atomic mass is 10.0. The molecule has 5 rings (SSSR count). The number of ether oxygens (including phenoxy) is 1. The Balaban J connectivity index is 1.79. The van der Waals surface area contributed by atoms with Gasteiger partial charge in [-0.1, -0.05) is 26.5 Å². The Morgan fingerprint density at radius 1 is 1.19 bits per heavy atom. The Morgan fingerprint density at radius 3 is 2.60 bits per heavy atom. The zero-order valence-corrected chi connectivity index (χ0v) is 24.7. The number of anilines is 2. The SMILES string of the molecule is C=CC(=O)N1CCN(C(=NC)c2cc(F)c3nc2N(C=O)c2c(C(C)C)ncnc2C(C)Oc2cccc(F)c2-3)C(C)C1. The molecule has 2 unspecified atom stereocenters. The number of rotatable bonds is 4. The van der Waals surface area contributed by atoms with Crippen LogP contribution in [-0.4, -0.2) is 75.6 Å². The predicted molar refractivity (Wildman–Crippen MR) is 158 cm³/mol. The Morgan fingerprint density at radius 2 is 1.95 bits per heavy atom. The van der Waals surface area contributed by atoms with Crippen molar-refractivity contribution in [2.45, 2.75) is 45.8 Å². The number of pyridine rings is 1. The van der Waals surface area contributed by atoms with Gasteiger partial charge in [0.05, 0.1) is 22.5 Å². The van der Waals surface area contributed by atoms with Gasteiger partial charge >= 0.3 is 0 Å². The average Bonchev–Trinajstić information content (AvgIpc) is 2.99. The number of fused-ring (bicyclic) bond motifs is 5. The van der Waals surface area contributed by atoms with E-state index in [1.165, 1.54) is 41.6 Å². The van der Waals surface area contributed by atoms with Crippen LogP contribution < -0.4 is 9.64 Å². The molecule has 224 valence electrons. The molecule has 1 saturated heterocycles. The van der Waals surface area contributed by atoms with E-state index in [1.54, 1.807) is 18.9 Å². The highest BCUT2D eigenvalue weighted by Gasteiger charge is 2.35. The van der Waals surface area contributed by atoms with Crippen molar-refractivity contribution < 1.29 is 23.1 Å². The van der Waals surface area contributed by atoms with E-state index in [-0.39, 0.29) is 46.3 Å². The second-order valence-corrected chi connectivity index (χ2v) is 10.8. The summed E-state index contributed by atoms with van der Waals surface area (Å²) in [5.41, 5.74) is 0.987. The molecule has 12 heteroatoms. The lowest BCUT2D eigenvalue weighted by Crippen LogP contribution is -2.55. The number of benzene rings is 1. The topological polar surface area (TPSA) is 104 Å². The highest BCUT2D eigenvalue weighted by molar-refractivity contribution is 6.07. The minimum Gasteiger partial charge on any atom is -0.484 e.